The highest BCUT2D eigenvalue weighted by atomic mass is 16.2. The monoisotopic (exact) mass is 286 g/mol. The van der Waals surface area contributed by atoms with E-state index in [-0.39, 0.29) is 17.7 Å². The number of carbonyl (C=O) groups excluding carboxylic acids is 2. The lowest BCUT2D eigenvalue weighted by atomic mass is 10.1. The molecule has 0 aliphatic carbocycles. The van der Waals surface area contributed by atoms with Crippen molar-refractivity contribution in [3.8, 4) is 0 Å². The fourth-order valence-electron chi connectivity index (χ4n) is 3.26. The number of benzene rings is 1. The van der Waals surface area contributed by atoms with E-state index in [0.717, 1.165) is 32.4 Å². The number of amides is 2. The summed E-state index contributed by atoms with van der Waals surface area (Å²) >= 11 is 0. The minimum Gasteiger partial charge on any atom is -0.342 e. The molecule has 0 unspecified atom stereocenters. The topological polar surface area (TPSA) is 40.6 Å². The summed E-state index contributed by atoms with van der Waals surface area (Å²) in [6.45, 7) is 3.05. The maximum atomic E-state index is 12.4. The lowest BCUT2D eigenvalue weighted by molar-refractivity contribution is -0.134. The van der Waals surface area contributed by atoms with E-state index < -0.39 is 0 Å². The van der Waals surface area contributed by atoms with Crippen LogP contribution >= 0.6 is 0 Å². The van der Waals surface area contributed by atoms with Gasteiger partial charge in [0.1, 0.15) is 0 Å². The fourth-order valence-corrected chi connectivity index (χ4v) is 3.26. The van der Waals surface area contributed by atoms with E-state index in [2.05, 4.69) is 12.1 Å². The van der Waals surface area contributed by atoms with Crippen LogP contribution < -0.4 is 0 Å². The maximum Gasteiger partial charge on any atom is 0.227 e. The molecule has 0 saturated carbocycles. The number of hydrogen-bond acceptors (Lipinski definition) is 2. The summed E-state index contributed by atoms with van der Waals surface area (Å²) in [5, 5.41) is 0. The molecule has 2 aliphatic heterocycles. The van der Waals surface area contributed by atoms with Gasteiger partial charge < -0.3 is 9.80 Å². The molecular weight excluding hydrogens is 264 g/mol. The molecule has 2 fully saturated rings. The standard InChI is InChI=1S/C17H22N2O2/c20-16-12-15(17(21)18-9-4-5-10-18)13-19(16)11-8-14-6-2-1-3-7-14/h1-3,6-7,15H,4-5,8-13H2/t15-/m0/s1. The molecule has 2 heterocycles. The summed E-state index contributed by atoms with van der Waals surface area (Å²) in [6, 6.07) is 10.2. The molecule has 1 aromatic carbocycles. The van der Waals surface area contributed by atoms with E-state index in [0.29, 0.717) is 19.5 Å². The molecule has 2 amide bonds. The second kappa shape index (κ2) is 6.29. The first-order valence-electron chi connectivity index (χ1n) is 7.84. The van der Waals surface area contributed by atoms with Gasteiger partial charge in [0.2, 0.25) is 11.8 Å². The van der Waals surface area contributed by atoms with Gasteiger partial charge in [-0.25, -0.2) is 0 Å². The number of carbonyl (C=O) groups is 2. The second-order valence-corrected chi connectivity index (χ2v) is 6.01. The van der Waals surface area contributed by atoms with Gasteiger partial charge in [0.25, 0.3) is 0 Å². The van der Waals surface area contributed by atoms with E-state index in [1.807, 2.05) is 28.0 Å². The zero-order valence-electron chi connectivity index (χ0n) is 12.3. The van der Waals surface area contributed by atoms with Gasteiger partial charge in [-0.2, -0.15) is 0 Å². The van der Waals surface area contributed by atoms with Crippen LogP contribution in [0.4, 0.5) is 0 Å². The first-order valence-corrected chi connectivity index (χ1v) is 7.84. The van der Waals surface area contributed by atoms with Crippen molar-refractivity contribution >= 4 is 11.8 Å². The van der Waals surface area contributed by atoms with Crippen molar-refractivity contribution in [3.05, 3.63) is 35.9 Å². The molecule has 0 radical (unpaired) electrons. The summed E-state index contributed by atoms with van der Waals surface area (Å²) in [7, 11) is 0. The number of nitrogens with zero attached hydrogens (tertiary/aromatic N) is 2. The average molecular weight is 286 g/mol. The van der Waals surface area contributed by atoms with Crippen molar-refractivity contribution < 1.29 is 9.59 Å². The molecule has 0 bridgehead atoms. The minimum absolute atomic E-state index is 0.119. The number of hydrogen-bond donors (Lipinski definition) is 0. The molecular formula is C17H22N2O2. The first kappa shape index (κ1) is 14.1. The quantitative estimate of drug-likeness (QED) is 0.845. The highest BCUT2D eigenvalue weighted by Gasteiger charge is 2.36. The van der Waals surface area contributed by atoms with Crippen molar-refractivity contribution in [1.29, 1.82) is 0 Å². The predicted molar refractivity (Wildman–Crippen MR) is 80.6 cm³/mol. The maximum absolute atomic E-state index is 12.4. The third-order valence-electron chi connectivity index (χ3n) is 4.49. The van der Waals surface area contributed by atoms with Crippen molar-refractivity contribution in [2.24, 2.45) is 5.92 Å². The molecule has 0 spiro atoms. The van der Waals surface area contributed by atoms with Crippen LogP contribution in [0.3, 0.4) is 0 Å². The Morgan fingerprint density at radius 2 is 1.86 bits per heavy atom. The molecule has 112 valence electrons. The molecule has 21 heavy (non-hydrogen) atoms. The van der Waals surface area contributed by atoms with Gasteiger partial charge in [-0.3, -0.25) is 9.59 Å². The normalized spacial score (nSPS) is 22.1. The lowest BCUT2D eigenvalue weighted by Crippen LogP contribution is -2.35. The number of likely N-dealkylation sites (tertiary alicyclic amines) is 2. The Labute approximate surface area is 125 Å². The van der Waals surface area contributed by atoms with Gasteiger partial charge in [-0.15, -0.1) is 0 Å². The summed E-state index contributed by atoms with van der Waals surface area (Å²) in [4.78, 5) is 28.2. The molecule has 4 nitrogen and oxygen atoms in total. The second-order valence-electron chi connectivity index (χ2n) is 6.01. The van der Waals surface area contributed by atoms with Gasteiger partial charge in [-0.05, 0) is 24.8 Å². The van der Waals surface area contributed by atoms with Crippen LogP contribution in [0.15, 0.2) is 30.3 Å². The minimum atomic E-state index is -0.119. The van der Waals surface area contributed by atoms with Crippen molar-refractivity contribution in [2.75, 3.05) is 26.2 Å². The Kier molecular flexibility index (Phi) is 4.23. The Morgan fingerprint density at radius 1 is 1.14 bits per heavy atom. The Hall–Kier alpha value is -1.84. The Balaban J connectivity index is 1.53. The molecule has 4 heteroatoms. The summed E-state index contributed by atoms with van der Waals surface area (Å²) < 4.78 is 0. The Bertz CT molecular complexity index is 509. The highest BCUT2D eigenvalue weighted by molar-refractivity contribution is 5.89. The third kappa shape index (κ3) is 3.26. The van der Waals surface area contributed by atoms with E-state index in [1.165, 1.54) is 5.56 Å². The lowest BCUT2D eigenvalue weighted by Gasteiger charge is -2.20. The van der Waals surface area contributed by atoms with Gasteiger partial charge in [-0.1, -0.05) is 30.3 Å². The molecule has 0 N–H and O–H groups in total. The van der Waals surface area contributed by atoms with Crippen molar-refractivity contribution in [2.45, 2.75) is 25.7 Å². The van der Waals surface area contributed by atoms with E-state index in [4.69, 9.17) is 0 Å². The average Bonchev–Trinajstić information content (AvgIpc) is 3.15. The largest absolute Gasteiger partial charge is 0.342 e. The zero-order valence-corrected chi connectivity index (χ0v) is 12.3. The summed E-state index contributed by atoms with van der Waals surface area (Å²) in [5.41, 5.74) is 1.24. The molecule has 1 aromatic rings. The smallest absolute Gasteiger partial charge is 0.227 e. The molecule has 2 aliphatic rings. The Morgan fingerprint density at radius 3 is 2.57 bits per heavy atom. The van der Waals surface area contributed by atoms with Gasteiger partial charge in [0.05, 0.1) is 5.92 Å². The van der Waals surface area contributed by atoms with E-state index >= 15 is 0 Å². The van der Waals surface area contributed by atoms with Crippen LogP contribution in [0, 0.1) is 5.92 Å². The molecule has 3 rings (SSSR count). The van der Waals surface area contributed by atoms with Crippen LogP contribution in [0.25, 0.3) is 0 Å². The van der Waals surface area contributed by atoms with Gasteiger partial charge >= 0.3 is 0 Å². The van der Waals surface area contributed by atoms with Crippen LogP contribution in [0.2, 0.25) is 0 Å². The molecule has 2 saturated heterocycles. The van der Waals surface area contributed by atoms with Crippen LogP contribution in [-0.2, 0) is 16.0 Å². The predicted octanol–water partition coefficient (Wildman–Crippen LogP) is 1.70. The molecule has 1 atom stereocenters. The van der Waals surface area contributed by atoms with Crippen LogP contribution in [-0.4, -0.2) is 47.8 Å². The zero-order chi connectivity index (χ0) is 14.7. The third-order valence-corrected chi connectivity index (χ3v) is 4.49. The molecule has 0 aromatic heterocycles. The van der Waals surface area contributed by atoms with Gasteiger partial charge in [0, 0.05) is 32.6 Å². The number of rotatable bonds is 4. The van der Waals surface area contributed by atoms with Gasteiger partial charge in [0.15, 0.2) is 0 Å². The SMILES string of the molecule is O=C1C[C@H](C(=O)N2CCCC2)CN1CCc1ccccc1. The van der Waals surface area contributed by atoms with Crippen LogP contribution in [0.1, 0.15) is 24.8 Å². The summed E-state index contributed by atoms with van der Waals surface area (Å²) in [5.74, 6) is 0.193. The first-order chi connectivity index (χ1) is 10.2. The van der Waals surface area contributed by atoms with Crippen LogP contribution in [0.5, 0.6) is 0 Å². The van der Waals surface area contributed by atoms with E-state index in [9.17, 15) is 9.59 Å². The summed E-state index contributed by atoms with van der Waals surface area (Å²) in [6.07, 6.45) is 3.45. The highest BCUT2D eigenvalue weighted by Crippen LogP contribution is 2.22. The van der Waals surface area contributed by atoms with E-state index in [1.54, 1.807) is 0 Å². The van der Waals surface area contributed by atoms with Crippen molar-refractivity contribution in [1.82, 2.24) is 9.80 Å². The van der Waals surface area contributed by atoms with Crippen molar-refractivity contribution in [3.63, 3.8) is 0 Å². The fraction of sp³-hybridized carbons (Fsp3) is 0.529.